The number of hydrogen-bond acceptors (Lipinski definition) is 5. The Morgan fingerprint density at radius 1 is 1.19 bits per heavy atom. The highest BCUT2D eigenvalue weighted by molar-refractivity contribution is 5.93. The summed E-state index contributed by atoms with van der Waals surface area (Å²) in [5.41, 5.74) is 2.59. The molecule has 164 valence electrons. The van der Waals surface area contributed by atoms with Gasteiger partial charge in [0.2, 0.25) is 11.9 Å². The van der Waals surface area contributed by atoms with Crippen LogP contribution in [0.2, 0.25) is 0 Å². The minimum atomic E-state index is -0.368. The van der Waals surface area contributed by atoms with Crippen LogP contribution in [0.4, 0.5) is 10.3 Å². The zero-order chi connectivity index (χ0) is 21.7. The quantitative estimate of drug-likeness (QED) is 0.511. The maximum atomic E-state index is 14.4. The van der Waals surface area contributed by atoms with Crippen molar-refractivity contribution in [3.05, 3.63) is 42.9 Å². The van der Waals surface area contributed by atoms with E-state index in [0.717, 1.165) is 55.2 Å². The monoisotopic (exact) mass is 433 g/mol. The molecule has 5 heterocycles. The highest BCUT2D eigenvalue weighted by Gasteiger charge is 2.31. The summed E-state index contributed by atoms with van der Waals surface area (Å²) in [6, 6.07) is 2.17. The van der Waals surface area contributed by atoms with Gasteiger partial charge >= 0.3 is 0 Å². The lowest BCUT2D eigenvalue weighted by molar-refractivity contribution is -0.130. The molecule has 0 aromatic carbocycles. The Kier molecular flexibility index (Phi) is 4.55. The summed E-state index contributed by atoms with van der Waals surface area (Å²) in [5, 5.41) is 4.29. The number of rotatable bonds is 4. The molecule has 6 rings (SSSR count). The maximum Gasteiger partial charge on any atom is 0.224 e. The normalized spacial score (nSPS) is 21.7. The number of likely N-dealkylation sites (tertiary alicyclic amines) is 1. The van der Waals surface area contributed by atoms with E-state index in [1.54, 1.807) is 23.0 Å². The molecule has 0 unspecified atom stereocenters. The van der Waals surface area contributed by atoms with Crippen LogP contribution in [0.1, 0.15) is 38.5 Å². The lowest BCUT2D eigenvalue weighted by Crippen LogP contribution is -2.41. The van der Waals surface area contributed by atoms with Crippen molar-refractivity contribution in [2.24, 2.45) is 0 Å². The molecular formula is C23H24FN7O. The number of carbonyl (C=O) groups is 1. The van der Waals surface area contributed by atoms with Crippen molar-refractivity contribution in [1.82, 2.24) is 29.2 Å². The van der Waals surface area contributed by atoms with E-state index in [4.69, 9.17) is 0 Å². The molecule has 1 aliphatic heterocycles. The molecule has 1 saturated carbocycles. The number of hydrogen-bond donors (Lipinski definition) is 2. The second-order valence-corrected chi connectivity index (χ2v) is 8.73. The number of nitrogens with zero attached hydrogens (tertiary/aromatic N) is 5. The second-order valence-electron chi connectivity index (χ2n) is 8.73. The summed E-state index contributed by atoms with van der Waals surface area (Å²) in [4.78, 5) is 30.5. The van der Waals surface area contributed by atoms with Crippen LogP contribution >= 0.6 is 0 Å². The Labute approximate surface area is 183 Å². The molecule has 9 heteroatoms. The maximum absolute atomic E-state index is 14.4. The average molecular weight is 433 g/mol. The van der Waals surface area contributed by atoms with Crippen molar-refractivity contribution in [1.29, 1.82) is 0 Å². The number of imidazole rings is 1. The predicted octanol–water partition coefficient (Wildman–Crippen LogP) is 3.76. The van der Waals surface area contributed by atoms with E-state index in [-0.39, 0.29) is 5.82 Å². The third-order valence-corrected chi connectivity index (χ3v) is 6.77. The minimum absolute atomic E-state index is 0.300. The van der Waals surface area contributed by atoms with E-state index in [2.05, 4.69) is 30.2 Å². The summed E-state index contributed by atoms with van der Waals surface area (Å²) >= 11 is 0. The van der Waals surface area contributed by atoms with Crippen LogP contribution in [-0.2, 0) is 4.79 Å². The lowest BCUT2D eigenvalue weighted by atomic mass is 9.90. The molecule has 0 spiro atoms. The average Bonchev–Trinajstić information content (AvgIpc) is 3.53. The van der Waals surface area contributed by atoms with Crippen LogP contribution in [-0.4, -0.2) is 53.8 Å². The molecule has 2 aliphatic rings. The standard InChI is InChI=1S/C23H24FN7O/c24-19-10-14(13-30-9-7-25-22(19)30)17-11-26-21-18(17)12-27-23(29-21)28-15-3-5-16(6-4-15)31-8-1-2-20(31)32/h7,9-13,15-16H,1-6,8H2,(H2,26,27,28,29)/t15-,16+. The molecule has 0 bridgehead atoms. The SMILES string of the molecule is O=C1CCCN1[C@H]1CC[C@@H](Nc2ncc3c(-c4cc(F)c5nccn5c4)c[nH]c3n2)CC1. The number of nitrogens with one attached hydrogen (secondary N) is 2. The van der Waals surface area contributed by atoms with E-state index in [1.165, 1.54) is 6.07 Å². The highest BCUT2D eigenvalue weighted by Crippen LogP contribution is 2.31. The number of pyridine rings is 1. The Morgan fingerprint density at radius 2 is 2.06 bits per heavy atom. The van der Waals surface area contributed by atoms with E-state index in [1.807, 2.05) is 12.4 Å². The zero-order valence-electron chi connectivity index (χ0n) is 17.6. The molecule has 0 atom stereocenters. The van der Waals surface area contributed by atoms with E-state index in [0.29, 0.717) is 41.7 Å². The summed E-state index contributed by atoms with van der Waals surface area (Å²) in [6.45, 7) is 0.911. The fourth-order valence-electron chi connectivity index (χ4n) is 5.12. The smallest absolute Gasteiger partial charge is 0.224 e. The number of amides is 1. The number of aromatic nitrogens is 5. The Bertz CT molecular complexity index is 1300. The summed E-state index contributed by atoms with van der Waals surface area (Å²) < 4.78 is 16.1. The van der Waals surface area contributed by atoms with Gasteiger partial charge in [0.05, 0.1) is 0 Å². The number of carbonyl (C=O) groups excluding carboxylic acids is 1. The van der Waals surface area contributed by atoms with Gasteiger partial charge in [-0.25, -0.2) is 14.4 Å². The number of fused-ring (bicyclic) bond motifs is 2. The van der Waals surface area contributed by atoms with Gasteiger partial charge in [0, 0.05) is 72.5 Å². The van der Waals surface area contributed by atoms with Crippen LogP contribution in [0.3, 0.4) is 0 Å². The number of H-pyrrole nitrogens is 1. The molecule has 2 N–H and O–H groups in total. The fraction of sp³-hybridized carbons (Fsp3) is 0.391. The van der Waals surface area contributed by atoms with E-state index >= 15 is 0 Å². The lowest BCUT2D eigenvalue weighted by Gasteiger charge is -2.34. The Hall–Kier alpha value is -3.49. The van der Waals surface area contributed by atoms with Crippen molar-refractivity contribution < 1.29 is 9.18 Å². The molecule has 4 aromatic rings. The van der Waals surface area contributed by atoms with Crippen LogP contribution in [0.25, 0.3) is 27.8 Å². The van der Waals surface area contributed by atoms with Crippen molar-refractivity contribution in [3.63, 3.8) is 0 Å². The zero-order valence-corrected chi connectivity index (χ0v) is 17.6. The first-order valence-electron chi connectivity index (χ1n) is 11.2. The van der Waals surface area contributed by atoms with Gasteiger partial charge in [-0.3, -0.25) is 4.79 Å². The predicted molar refractivity (Wildman–Crippen MR) is 119 cm³/mol. The third-order valence-electron chi connectivity index (χ3n) is 6.77. The van der Waals surface area contributed by atoms with Gasteiger partial charge in [-0.1, -0.05) is 0 Å². The van der Waals surface area contributed by atoms with Crippen LogP contribution < -0.4 is 5.32 Å². The molecule has 8 nitrogen and oxygen atoms in total. The van der Waals surface area contributed by atoms with Gasteiger partial charge in [0.1, 0.15) is 5.65 Å². The summed E-state index contributed by atoms with van der Waals surface area (Å²) in [7, 11) is 0. The van der Waals surface area contributed by atoms with Gasteiger partial charge in [0.25, 0.3) is 0 Å². The van der Waals surface area contributed by atoms with Crippen LogP contribution in [0, 0.1) is 5.82 Å². The molecule has 1 amide bonds. The Balaban J connectivity index is 1.18. The number of aromatic amines is 1. The first-order chi connectivity index (χ1) is 15.7. The summed E-state index contributed by atoms with van der Waals surface area (Å²) in [6.07, 6.45) is 14.5. The van der Waals surface area contributed by atoms with Gasteiger partial charge in [-0.05, 0) is 38.2 Å². The number of anilines is 1. The largest absolute Gasteiger partial charge is 0.351 e. The highest BCUT2D eigenvalue weighted by atomic mass is 19.1. The first kappa shape index (κ1) is 19.2. The third kappa shape index (κ3) is 3.28. The molecule has 32 heavy (non-hydrogen) atoms. The number of halogens is 1. The van der Waals surface area contributed by atoms with Crippen LogP contribution in [0.15, 0.2) is 37.1 Å². The molecule has 4 aromatic heterocycles. The minimum Gasteiger partial charge on any atom is -0.351 e. The summed E-state index contributed by atoms with van der Waals surface area (Å²) in [5.74, 6) is 0.528. The second kappa shape index (κ2) is 7.58. The van der Waals surface area contributed by atoms with Crippen molar-refractivity contribution in [2.75, 3.05) is 11.9 Å². The van der Waals surface area contributed by atoms with Gasteiger partial charge in [-0.15, -0.1) is 0 Å². The fourth-order valence-corrected chi connectivity index (χ4v) is 5.12. The van der Waals surface area contributed by atoms with Gasteiger partial charge in [-0.2, -0.15) is 4.98 Å². The first-order valence-corrected chi connectivity index (χ1v) is 11.2. The van der Waals surface area contributed by atoms with Gasteiger partial charge < -0.3 is 19.6 Å². The topological polar surface area (TPSA) is 91.2 Å². The molecule has 2 fully saturated rings. The van der Waals surface area contributed by atoms with Gasteiger partial charge in [0.15, 0.2) is 11.5 Å². The van der Waals surface area contributed by atoms with E-state index in [9.17, 15) is 9.18 Å². The molecule has 1 aliphatic carbocycles. The molecule has 0 radical (unpaired) electrons. The van der Waals surface area contributed by atoms with Crippen LogP contribution in [0.5, 0.6) is 0 Å². The van der Waals surface area contributed by atoms with Crippen molar-refractivity contribution in [3.8, 4) is 11.1 Å². The van der Waals surface area contributed by atoms with Crippen molar-refractivity contribution in [2.45, 2.75) is 50.6 Å². The van der Waals surface area contributed by atoms with E-state index < -0.39 is 0 Å². The van der Waals surface area contributed by atoms with Crippen molar-refractivity contribution >= 4 is 28.5 Å². The molecular weight excluding hydrogens is 409 g/mol. The molecule has 1 saturated heterocycles. The Morgan fingerprint density at radius 3 is 2.88 bits per heavy atom.